The van der Waals surface area contributed by atoms with Gasteiger partial charge in [0.25, 0.3) is 0 Å². The lowest BCUT2D eigenvalue weighted by Gasteiger charge is -1.87. The molecule has 1 aromatic rings. The van der Waals surface area contributed by atoms with Gasteiger partial charge in [-0.05, 0) is 6.42 Å². The summed E-state index contributed by atoms with van der Waals surface area (Å²) in [5.41, 5.74) is 0. The van der Waals surface area contributed by atoms with Crippen LogP contribution >= 0.6 is 11.3 Å². The SMILES string of the molecule is CC.CCc1nc(OC)cs1. The van der Waals surface area contributed by atoms with E-state index in [0.717, 1.165) is 17.3 Å². The highest BCUT2D eigenvalue weighted by molar-refractivity contribution is 7.09. The van der Waals surface area contributed by atoms with Gasteiger partial charge in [-0.3, -0.25) is 0 Å². The smallest absolute Gasteiger partial charge is 0.224 e. The fourth-order valence-electron chi connectivity index (χ4n) is 0.550. The van der Waals surface area contributed by atoms with Crippen molar-refractivity contribution < 1.29 is 4.74 Å². The minimum absolute atomic E-state index is 0.733. The first-order valence-corrected chi connectivity index (χ1v) is 4.73. The number of ether oxygens (including phenoxy) is 1. The highest BCUT2D eigenvalue weighted by Gasteiger charge is 1.96. The molecule has 0 aromatic carbocycles. The van der Waals surface area contributed by atoms with Gasteiger partial charge in [0.2, 0.25) is 5.88 Å². The van der Waals surface area contributed by atoms with Gasteiger partial charge in [0.1, 0.15) is 0 Å². The predicted molar refractivity (Wildman–Crippen MR) is 49.4 cm³/mol. The maximum atomic E-state index is 4.90. The van der Waals surface area contributed by atoms with E-state index in [2.05, 4.69) is 11.9 Å². The summed E-state index contributed by atoms with van der Waals surface area (Å²) in [6.45, 7) is 6.08. The number of hydrogen-bond acceptors (Lipinski definition) is 3. The molecule has 0 radical (unpaired) electrons. The quantitative estimate of drug-likeness (QED) is 0.686. The number of aromatic nitrogens is 1. The Kier molecular flexibility index (Phi) is 5.84. The van der Waals surface area contributed by atoms with Crippen LogP contribution in [0.3, 0.4) is 0 Å². The van der Waals surface area contributed by atoms with Crippen LogP contribution in [0.2, 0.25) is 0 Å². The van der Waals surface area contributed by atoms with E-state index < -0.39 is 0 Å². The molecule has 1 heterocycles. The van der Waals surface area contributed by atoms with E-state index in [1.165, 1.54) is 0 Å². The molecule has 0 saturated carbocycles. The first-order chi connectivity index (χ1) is 5.36. The molecular weight excluding hydrogens is 158 g/mol. The maximum Gasteiger partial charge on any atom is 0.224 e. The fourth-order valence-corrected chi connectivity index (χ4v) is 1.25. The van der Waals surface area contributed by atoms with Crippen LogP contribution in [-0.4, -0.2) is 12.1 Å². The number of methoxy groups -OCH3 is 1. The average molecular weight is 173 g/mol. The molecule has 1 aromatic heterocycles. The van der Waals surface area contributed by atoms with Crippen LogP contribution in [-0.2, 0) is 6.42 Å². The van der Waals surface area contributed by atoms with E-state index in [-0.39, 0.29) is 0 Å². The molecule has 0 aliphatic rings. The van der Waals surface area contributed by atoms with Crippen molar-refractivity contribution >= 4 is 11.3 Å². The first kappa shape index (κ1) is 10.4. The molecule has 3 heteroatoms. The van der Waals surface area contributed by atoms with Crippen LogP contribution in [0.1, 0.15) is 25.8 Å². The third-order valence-electron chi connectivity index (χ3n) is 1.04. The van der Waals surface area contributed by atoms with Crippen molar-refractivity contribution in [1.29, 1.82) is 0 Å². The van der Waals surface area contributed by atoms with Crippen LogP contribution in [0.4, 0.5) is 0 Å². The molecule has 0 aliphatic carbocycles. The molecule has 11 heavy (non-hydrogen) atoms. The van der Waals surface area contributed by atoms with Crippen LogP contribution in [0.25, 0.3) is 0 Å². The van der Waals surface area contributed by atoms with Crippen molar-refractivity contribution in [2.24, 2.45) is 0 Å². The molecule has 2 nitrogen and oxygen atoms in total. The Balaban J connectivity index is 0.000000461. The Labute approximate surface area is 72.2 Å². The van der Waals surface area contributed by atoms with Crippen molar-refractivity contribution in [3.63, 3.8) is 0 Å². The zero-order valence-electron chi connectivity index (χ0n) is 7.55. The number of thiazole rings is 1. The largest absolute Gasteiger partial charge is 0.480 e. The second-order valence-electron chi connectivity index (χ2n) is 1.64. The topological polar surface area (TPSA) is 22.1 Å². The van der Waals surface area contributed by atoms with E-state index in [1.54, 1.807) is 18.4 Å². The minimum Gasteiger partial charge on any atom is -0.480 e. The van der Waals surface area contributed by atoms with Crippen molar-refractivity contribution in [3.8, 4) is 5.88 Å². The number of hydrogen-bond donors (Lipinski definition) is 0. The van der Waals surface area contributed by atoms with Crippen LogP contribution < -0.4 is 4.74 Å². The summed E-state index contributed by atoms with van der Waals surface area (Å²) in [7, 11) is 1.63. The Morgan fingerprint density at radius 1 is 1.55 bits per heavy atom. The summed E-state index contributed by atoms with van der Waals surface area (Å²) >= 11 is 1.64. The summed E-state index contributed by atoms with van der Waals surface area (Å²) in [6.07, 6.45) is 0.994. The van der Waals surface area contributed by atoms with Gasteiger partial charge in [-0.1, -0.05) is 20.8 Å². The molecule has 0 N–H and O–H groups in total. The van der Waals surface area contributed by atoms with Crippen molar-refractivity contribution in [2.75, 3.05) is 7.11 Å². The molecular formula is C8H15NOS. The summed E-state index contributed by atoms with van der Waals surface area (Å²) in [5.74, 6) is 0.733. The Bertz CT molecular complexity index is 167. The number of rotatable bonds is 2. The Hall–Kier alpha value is -0.570. The monoisotopic (exact) mass is 173 g/mol. The van der Waals surface area contributed by atoms with E-state index in [0.29, 0.717) is 0 Å². The van der Waals surface area contributed by atoms with E-state index >= 15 is 0 Å². The van der Waals surface area contributed by atoms with E-state index in [1.807, 2.05) is 19.2 Å². The normalized spacial score (nSPS) is 8.36. The highest BCUT2D eigenvalue weighted by atomic mass is 32.1. The first-order valence-electron chi connectivity index (χ1n) is 3.85. The third kappa shape index (κ3) is 3.37. The lowest BCUT2D eigenvalue weighted by Crippen LogP contribution is -1.82. The van der Waals surface area contributed by atoms with Crippen molar-refractivity contribution in [1.82, 2.24) is 4.98 Å². The van der Waals surface area contributed by atoms with Crippen LogP contribution in [0.15, 0.2) is 5.38 Å². The third-order valence-corrected chi connectivity index (χ3v) is 2.01. The maximum absolute atomic E-state index is 4.90. The predicted octanol–water partition coefficient (Wildman–Crippen LogP) is 2.74. The van der Waals surface area contributed by atoms with Crippen LogP contribution in [0, 0.1) is 0 Å². The van der Waals surface area contributed by atoms with E-state index in [9.17, 15) is 0 Å². The summed E-state index contributed by atoms with van der Waals surface area (Å²) < 4.78 is 4.90. The molecule has 0 bridgehead atoms. The molecule has 0 fully saturated rings. The standard InChI is InChI=1S/C6H9NOS.C2H6/c1-3-6-7-5(8-2)4-9-6;1-2/h4H,3H2,1-2H3;1-2H3. The Morgan fingerprint density at radius 3 is 2.45 bits per heavy atom. The van der Waals surface area contributed by atoms with Crippen LogP contribution in [0.5, 0.6) is 5.88 Å². The molecule has 0 spiro atoms. The summed E-state index contributed by atoms with van der Waals surface area (Å²) in [4.78, 5) is 4.14. The van der Waals surface area contributed by atoms with Crippen molar-refractivity contribution in [3.05, 3.63) is 10.4 Å². The fraction of sp³-hybridized carbons (Fsp3) is 0.625. The zero-order chi connectivity index (χ0) is 8.69. The van der Waals surface area contributed by atoms with Gasteiger partial charge >= 0.3 is 0 Å². The Morgan fingerprint density at radius 2 is 2.18 bits per heavy atom. The lowest BCUT2D eigenvalue weighted by atomic mass is 10.5. The number of aryl methyl sites for hydroxylation is 1. The van der Waals surface area contributed by atoms with Gasteiger partial charge in [-0.25, -0.2) is 4.98 Å². The minimum atomic E-state index is 0.733. The van der Waals surface area contributed by atoms with Gasteiger partial charge in [0, 0.05) is 0 Å². The van der Waals surface area contributed by atoms with Gasteiger partial charge in [-0.15, -0.1) is 11.3 Å². The molecule has 0 atom stereocenters. The second-order valence-corrected chi connectivity index (χ2v) is 2.58. The molecule has 0 saturated heterocycles. The van der Waals surface area contributed by atoms with E-state index in [4.69, 9.17) is 4.74 Å². The van der Waals surface area contributed by atoms with Gasteiger partial charge < -0.3 is 4.74 Å². The summed E-state index contributed by atoms with van der Waals surface area (Å²) in [5, 5.41) is 3.05. The van der Waals surface area contributed by atoms with Gasteiger partial charge in [0.15, 0.2) is 0 Å². The lowest BCUT2D eigenvalue weighted by molar-refractivity contribution is 0.400. The van der Waals surface area contributed by atoms with Crippen molar-refractivity contribution in [2.45, 2.75) is 27.2 Å². The molecule has 1 rings (SSSR count). The molecule has 0 aliphatic heterocycles. The molecule has 64 valence electrons. The highest BCUT2D eigenvalue weighted by Crippen LogP contribution is 2.15. The van der Waals surface area contributed by atoms with Gasteiger partial charge in [0.05, 0.1) is 17.5 Å². The number of nitrogens with zero attached hydrogens (tertiary/aromatic N) is 1. The summed E-state index contributed by atoms with van der Waals surface area (Å²) in [6, 6.07) is 0. The molecule has 0 amide bonds. The van der Waals surface area contributed by atoms with Gasteiger partial charge in [-0.2, -0.15) is 0 Å². The molecule has 0 unspecified atom stereocenters. The zero-order valence-corrected chi connectivity index (χ0v) is 8.36. The average Bonchev–Trinajstić information content (AvgIpc) is 2.55. The second kappa shape index (κ2) is 6.16.